The Balaban J connectivity index is 2.21. The maximum atomic E-state index is 12.5. The Morgan fingerprint density at radius 2 is 2.19 bits per heavy atom. The van der Waals surface area contributed by atoms with E-state index in [4.69, 9.17) is 17.3 Å². The Morgan fingerprint density at radius 1 is 1.46 bits per heavy atom. The molecule has 26 heavy (non-hydrogen) atoms. The lowest BCUT2D eigenvalue weighted by molar-refractivity contribution is -0.118. The smallest absolute Gasteiger partial charge is 0.346 e. The van der Waals surface area contributed by atoms with Crippen LogP contribution in [0, 0.1) is 0 Å². The van der Waals surface area contributed by atoms with Crippen LogP contribution in [0.15, 0.2) is 35.1 Å². The van der Waals surface area contributed by atoms with Gasteiger partial charge in [-0.25, -0.2) is 13.7 Å². The molecule has 0 aliphatic carbocycles. The monoisotopic (exact) mass is 398 g/mol. The van der Waals surface area contributed by atoms with E-state index in [0.29, 0.717) is 17.9 Å². The van der Waals surface area contributed by atoms with Crippen LogP contribution in [0.5, 0.6) is 0 Å². The molecular formula is C15H19ClN6O3S. The van der Waals surface area contributed by atoms with E-state index in [2.05, 4.69) is 14.4 Å². The van der Waals surface area contributed by atoms with Crippen LogP contribution in [-0.4, -0.2) is 49.5 Å². The summed E-state index contributed by atoms with van der Waals surface area (Å²) in [7, 11) is -2.86. The number of rotatable bonds is 6. The highest BCUT2D eigenvalue weighted by Crippen LogP contribution is 2.26. The zero-order valence-corrected chi connectivity index (χ0v) is 15.9. The molecule has 0 aromatic carbocycles. The number of nitrogens with zero attached hydrogens (tertiary/aromatic N) is 5. The fourth-order valence-electron chi connectivity index (χ4n) is 2.28. The molecule has 0 fully saturated rings. The summed E-state index contributed by atoms with van der Waals surface area (Å²) in [6.45, 7) is 2.13. The van der Waals surface area contributed by atoms with Gasteiger partial charge in [0.2, 0.25) is 5.91 Å². The van der Waals surface area contributed by atoms with Crippen LogP contribution in [-0.2, 0) is 14.5 Å². The highest BCUT2D eigenvalue weighted by atomic mass is 35.5. The first-order chi connectivity index (χ1) is 12.2. The number of amides is 3. The Hall–Kier alpha value is -2.46. The lowest BCUT2D eigenvalue weighted by Gasteiger charge is -2.19. The molecule has 2 rings (SSSR count). The van der Waals surface area contributed by atoms with Crippen molar-refractivity contribution in [3.8, 4) is 5.69 Å². The van der Waals surface area contributed by atoms with Crippen LogP contribution >= 0.6 is 11.6 Å². The van der Waals surface area contributed by atoms with Crippen molar-refractivity contribution in [1.82, 2.24) is 14.8 Å². The fourth-order valence-corrected chi connectivity index (χ4v) is 3.53. The number of anilines is 1. The van der Waals surface area contributed by atoms with Crippen molar-refractivity contribution in [1.29, 1.82) is 0 Å². The van der Waals surface area contributed by atoms with Gasteiger partial charge in [-0.05, 0) is 19.1 Å². The minimum absolute atomic E-state index is 0.0750. The number of carbonyl (C=O) groups is 2. The van der Waals surface area contributed by atoms with E-state index in [9.17, 15) is 13.8 Å². The van der Waals surface area contributed by atoms with Crippen molar-refractivity contribution < 1.29 is 13.8 Å². The molecule has 2 aromatic heterocycles. The van der Waals surface area contributed by atoms with Crippen LogP contribution in [0.3, 0.4) is 0 Å². The lowest BCUT2D eigenvalue weighted by Crippen LogP contribution is -2.32. The SMILES string of the molecule is CCN(C(=O)CCS(C)(=O)=NC(N)=O)c1cn(-c2cccnc2)nc1Cl. The third kappa shape index (κ3) is 5.02. The lowest BCUT2D eigenvalue weighted by atomic mass is 10.3. The third-order valence-electron chi connectivity index (χ3n) is 3.45. The van der Waals surface area contributed by atoms with Crippen LogP contribution in [0.1, 0.15) is 13.3 Å². The molecule has 11 heteroatoms. The summed E-state index contributed by atoms with van der Waals surface area (Å²) < 4.78 is 17.0. The predicted molar refractivity (Wildman–Crippen MR) is 100.0 cm³/mol. The number of urea groups is 1. The van der Waals surface area contributed by atoms with E-state index >= 15 is 0 Å². The van der Waals surface area contributed by atoms with Gasteiger partial charge >= 0.3 is 6.03 Å². The van der Waals surface area contributed by atoms with Crippen LogP contribution in [0.2, 0.25) is 5.15 Å². The second kappa shape index (κ2) is 8.28. The largest absolute Gasteiger partial charge is 0.349 e. The van der Waals surface area contributed by atoms with Crippen LogP contribution in [0.4, 0.5) is 10.5 Å². The molecule has 2 heterocycles. The van der Waals surface area contributed by atoms with Gasteiger partial charge in [-0.3, -0.25) is 9.78 Å². The van der Waals surface area contributed by atoms with Crippen molar-refractivity contribution in [2.45, 2.75) is 13.3 Å². The zero-order chi connectivity index (χ0) is 19.3. The maximum Gasteiger partial charge on any atom is 0.346 e. The number of halogens is 1. The molecule has 0 saturated carbocycles. The number of hydrogen-bond acceptors (Lipinski definition) is 5. The second-order valence-corrected chi connectivity index (χ2v) is 8.31. The van der Waals surface area contributed by atoms with Crippen molar-refractivity contribution in [3.05, 3.63) is 35.9 Å². The topological polar surface area (TPSA) is 124 Å². The maximum absolute atomic E-state index is 12.5. The summed E-state index contributed by atoms with van der Waals surface area (Å²) in [4.78, 5) is 28.8. The molecule has 0 aliphatic rings. The summed E-state index contributed by atoms with van der Waals surface area (Å²) in [6, 6.07) is 2.54. The van der Waals surface area contributed by atoms with Gasteiger partial charge in [-0.15, -0.1) is 4.36 Å². The first kappa shape index (κ1) is 19.9. The number of hydrogen-bond donors (Lipinski definition) is 1. The first-order valence-electron chi connectivity index (χ1n) is 7.68. The molecule has 2 N–H and O–H groups in total. The van der Waals surface area contributed by atoms with E-state index in [1.807, 2.05) is 0 Å². The highest BCUT2D eigenvalue weighted by molar-refractivity contribution is 7.93. The molecule has 2 aromatic rings. The standard InChI is InChI=1S/C15H19ClN6O3S/c1-3-21(13(23)6-8-26(2,25)20-15(17)24)12-10-22(19-14(12)16)11-5-4-7-18-9-11/h4-5,7,9-10H,3,6,8H2,1-2H3,(H2,17,24). The third-order valence-corrected chi connectivity index (χ3v) is 5.24. The Morgan fingerprint density at radius 3 is 2.77 bits per heavy atom. The average Bonchev–Trinajstić information content (AvgIpc) is 2.95. The number of nitrogens with two attached hydrogens (primary N) is 1. The van der Waals surface area contributed by atoms with Gasteiger partial charge in [0.25, 0.3) is 0 Å². The molecule has 3 amide bonds. The minimum Gasteiger partial charge on any atom is -0.349 e. The number of carbonyl (C=O) groups excluding carboxylic acids is 2. The fraction of sp³-hybridized carbons (Fsp3) is 0.333. The van der Waals surface area contributed by atoms with Crippen molar-refractivity contribution in [2.75, 3.05) is 23.5 Å². The zero-order valence-electron chi connectivity index (χ0n) is 14.3. The number of aromatic nitrogens is 3. The first-order valence-corrected chi connectivity index (χ1v) is 10.2. The summed E-state index contributed by atoms with van der Waals surface area (Å²) in [5.74, 6) is -0.394. The van der Waals surface area contributed by atoms with E-state index in [1.165, 1.54) is 15.8 Å². The summed E-state index contributed by atoms with van der Waals surface area (Å²) in [5.41, 5.74) is 6.05. The van der Waals surface area contributed by atoms with Gasteiger partial charge in [0.05, 0.1) is 27.8 Å². The number of primary amides is 1. The van der Waals surface area contributed by atoms with Gasteiger partial charge < -0.3 is 10.6 Å². The number of pyridine rings is 1. The van der Waals surface area contributed by atoms with E-state index in [1.54, 1.807) is 37.6 Å². The van der Waals surface area contributed by atoms with Gasteiger partial charge in [-0.1, -0.05) is 11.6 Å². The Labute approximate surface area is 156 Å². The van der Waals surface area contributed by atoms with E-state index in [0.717, 1.165) is 0 Å². The molecule has 9 nitrogen and oxygen atoms in total. The van der Waals surface area contributed by atoms with Crippen molar-refractivity contribution in [2.24, 2.45) is 10.1 Å². The Kier molecular flexibility index (Phi) is 6.32. The van der Waals surface area contributed by atoms with E-state index in [-0.39, 0.29) is 23.2 Å². The second-order valence-electron chi connectivity index (χ2n) is 5.44. The van der Waals surface area contributed by atoms with Crippen molar-refractivity contribution in [3.63, 3.8) is 0 Å². The van der Waals surface area contributed by atoms with E-state index < -0.39 is 15.8 Å². The van der Waals surface area contributed by atoms with Crippen molar-refractivity contribution >= 4 is 39.0 Å². The van der Waals surface area contributed by atoms with Gasteiger partial charge in [-0.2, -0.15) is 5.10 Å². The Bertz CT molecular complexity index is 921. The molecule has 1 unspecified atom stereocenters. The molecule has 0 radical (unpaired) electrons. The molecule has 0 saturated heterocycles. The molecule has 1 atom stereocenters. The van der Waals surface area contributed by atoms with Crippen LogP contribution in [0.25, 0.3) is 5.69 Å². The van der Waals surface area contributed by atoms with Gasteiger partial charge in [0.1, 0.15) is 5.69 Å². The molecule has 140 valence electrons. The summed E-state index contributed by atoms with van der Waals surface area (Å²) in [5, 5.41) is 4.35. The van der Waals surface area contributed by atoms with Gasteiger partial charge in [0.15, 0.2) is 5.15 Å². The highest BCUT2D eigenvalue weighted by Gasteiger charge is 2.21. The molecule has 0 aliphatic heterocycles. The predicted octanol–water partition coefficient (Wildman–Crippen LogP) is 1.84. The molecule has 0 spiro atoms. The van der Waals surface area contributed by atoms with Crippen LogP contribution < -0.4 is 10.6 Å². The molecule has 0 bridgehead atoms. The summed E-state index contributed by atoms with van der Waals surface area (Å²) in [6.07, 6.45) is 6.08. The summed E-state index contributed by atoms with van der Waals surface area (Å²) >= 11 is 6.19. The normalized spacial score (nSPS) is 13.0. The molecular weight excluding hydrogens is 380 g/mol. The van der Waals surface area contributed by atoms with Gasteiger partial charge in [0, 0.05) is 31.2 Å². The minimum atomic E-state index is -2.86. The quantitative estimate of drug-likeness (QED) is 0.794. The average molecular weight is 399 g/mol.